The normalized spacial score (nSPS) is 21.2. The molecule has 26 heavy (non-hydrogen) atoms. The molecule has 142 valence electrons. The number of hydrogen-bond acceptors (Lipinski definition) is 3. The summed E-state index contributed by atoms with van der Waals surface area (Å²) in [6.07, 6.45) is 8.10. The minimum absolute atomic E-state index is 0. The molecule has 2 saturated carbocycles. The van der Waals surface area contributed by atoms with Gasteiger partial charge in [0.25, 0.3) is 5.91 Å². The Morgan fingerprint density at radius 3 is 2.69 bits per heavy atom. The molecule has 2 aliphatic carbocycles. The van der Waals surface area contributed by atoms with Crippen molar-refractivity contribution in [2.45, 2.75) is 43.7 Å². The molecule has 2 aromatic rings. The van der Waals surface area contributed by atoms with Gasteiger partial charge < -0.3 is 10.6 Å². The van der Waals surface area contributed by atoms with Crippen molar-refractivity contribution in [3.05, 3.63) is 47.5 Å². The summed E-state index contributed by atoms with van der Waals surface area (Å²) in [7, 11) is 1.76. The van der Waals surface area contributed by atoms with Crippen LogP contribution in [0.5, 0.6) is 0 Å². The number of benzene rings is 1. The van der Waals surface area contributed by atoms with Crippen LogP contribution in [0.15, 0.2) is 30.6 Å². The highest BCUT2D eigenvalue weighted by Crippen LogP contribution is 2.42. The van der Waals surface area contributed by atoms with Crippen molar-refractivity contribution in [2.24, 2.45) is 7.05 Å². The van der Waals surface area contributed by atoms with Crippen molar-refractivity contribution in [1.82, 2.24) is 15.1 Å². The van der Waals surface area contributed by atoms with Crippen LogP contribution in [0.1, 0.15) is 47.5 Å². The number of aryl methyl sites for hydroxylation is 1. The van der Waals surface area contributed by atoms with Crippen molar-refractivity contribution < 1.29 is 9.18 Å². The molecule has 5 nitrogen and oxygen atoms in total. The predicted molar refractivity (Wildman–Crippen MR) is 104 cm³/mol. The summed E-state index contributed by atoms with van der Waals surface area (Å²) in [6, 6.07) is 5.99. The number of amides is 1. The third kappa shape index (κ3) is 4.37. The number of nitrogens with zero attached hydrogens (tertiary/aromatic N) is 2. The number of aromatic nitrogens is 2. The van der Waals surface area contributed by atoms with Crippen LogP contribution < -0.4 is 10.6 Å². The zero-order chi connectivity index (χ0) is 16.7. The molecule has 2 atom stereocenters. The summed E-state index contributed by atoms with van der Waals surface area (Å²) in [5.41, 5.74) is 1.68. The first kappa shape index (κ1) is 20.7. The fraction of sp³-hybridized carbons (Fsp3) is 0.444. The molecule has 2 N–H and O–H groups in total. The van der Waals surface area contributed by atoms with Crippen LogP contribution in [0.4, 0.5) is 10.1 Å². The molecule has 0 spiro atoms. The molecule has 0 radical (unpaired) electrons. The highest BCUT2D eigenvalue weighted by molar-refractivity contribution is 6.04. The van der Waals surface area contributed by atoms with Crippen LogP contribution in [0, 0.1) is 5.82 Å². The Morgan fingerprint density at radius 2 is 2.08 bits per heavy atom. The first-order chi connectivity index (χ1) is 11.6. The highest BCUT2D eigenvalue weighted by Gasteiger charge is 2.40. The van der Waals surface area contributed by atoms with Crippen LogP contribution in [0.25, 0.3) is 0 Å². The second-order valence-electron chi connectivity index (χ2n) is 6.84. The van der Waals surface area contributed by atoms with E-state index in [2.05, 4.69) is 15.7 Å². The van der Waals surface area contributed by atoms with E-state index < -0.39 is 11.7 Å². The maximum absolute atomic E-state index is 14.1. The van der Waals surface area contributed by atoms with E-state index in [0.717, 1.165) is 12.0 Å². The van der Waals surface area contributed by atoms with Gasteiger partial charge in [0, 0.05) is 31.2 Å². The molecule has 1 aromatic carbocycles. The Hall–Kier alpha value is -1.63. The average molecular weight is 401 g/mol. The van der Waals surface area contributed by atoms with Gasteiger partial charge in [-0.1, -0.05) is 12.5 Å². The van der Waals surface area contributed by atoms with Crippen molar-refractivity contribution >= 4 is 36.4 Å². The van der Waals surface area contributed by atoms with Gasteiger partial charge in [0.15, 0.2) is 0 Å². The Kier molecular flexibility index (Phi) is 6.66. The van der Waals surface area contributed by atoms with E-state index in [1.165, 1.54) is 25.3 Å². The maximum Gasteiger partial charge on any atom is 0.258 e. The van der Waals surface area contributed by atoms with Crippen LogP contribution >= 0.6 is 24.8 Å². The molecule has 2 fully saturated rings. The average Bonchev–Trinajstić information content (AvgIpc) is 3.17. The van der Waals surface area contributed by atoms with Crippen LogP contribution in [-0.2, 0) is 7.05 Å². The molecule has 4 rings (SSSR count). The lowest BCUT2D eigenvalue weighted by molar-refractivity contribution is 0.102. The SMILES string of the molecule is Cl.Cl.Cn1cc(NC(=O)c2cc([C@@H]3C[C@H]3NC3CCC3)ccc2F)cn1. The van der Waals surface area contributed by atoms with Gasteiger partial charge in [0.1, 0.15) is 5.82 Å². The molecule has 1 heterocycles. The van der Waals surface area contributed by atoms with Gasteiger partial charge in [-0.3, -0.25) is 9.48 Å². The smallest absolute Gasteiger partial charge is 0.258 e. The highest BCUT2D eigenvalue weighted by atomic mass is 35.5. The topological polar surface area (TPSA) is 59.0 Å². The van der Waals surface area contributed by atoms with E-state index >= 15 is 0 Å². The van der Waals surface area contributed by atoms with Crippen molar-refractivity contribution in [2.75, 3.05) is 5.32 Å². The largest absolute Gasteiger partial charge is 0.319 e. The van der Waals surface area contributed by atoms with Gasteiger partial charge in [0.2, 0.25) is 0 Å². The van der Waals surface area contributed by atoms with E-state index in [0.29, 0.717) is 23.7 Å². The third-order valence-corrected chi connectivity index (χ3v) is 4.97. The first-order valence-electron chi connectivity index (χ1n) is 8.45. The second kappa shape index (κ2) is 8.37. The summed E-state index contributed by atoms with van der Waals surface area (Å²) in [5, 5.41) is 10.3. The molecule has 0 bridgehead atoms. The summed E-state index contributed by atoms with van der Waals surface area (Å²) >= 11 is 0. The molecular weight excluding hydrogens is 378 g/mol. The third-order valence-electron chi connectivity index (χ3n) is 4.97. The van der Waals surface area contributed by atoms with Crippen LogP contribution in [0.2, 0.25) is 0 Å². The predicted octanol–water partition coefficient (Wildman–Crippen LogP) is 3.65. The fourth-order valence-electron chi connectivity index (χ4n) is 3.26. The maximum atomic E-state index is 14.1. The number of halogens is 3. The minimum atomic E-state index is -0.496. The van der Waals surface area contributed by atoms with Gasteiger partial charge in [0.05, 0.1) is 17.4 Å². The Bertz CT molecular complexity index is 778. The number of anilines is 1. The lowest BCUT2D eigenvalue weighted by atomic mass is 9.93. The van der Waals surface area contributed by atoms with Gasteiger partial charge in [-0.2, -0.15) is 5.10 Å². The molecule has 8 heteroatoms. The first-order valence-corrected chi connectivity index (χ1v) is 8.45. The van der Waals surface area contributed by atoms with Gasteiger partial charge in [-0.15, -0.1) is 24.8 Å². The molecule has 0 unspecified atom stereocenters. The molecule has 0 aliphatic heterocycles. The van der Waals surface area contributed by atoms with Gasteiger partial charge in [-0.25, -0.2) is 4.39 Å². The van der Waals surface area contributed by atoms with E-state index in [4.69, 9.17) is 0 Å². The fourth-order valence-corrected chi connectivity index (χ4v) is 3.26. The Balaban J connectivity index is 0.00000121. The van der Waals surface area contributed by atoms with E-state index in [1.54, 1.807) is 36.3 Å². The van der Waals surface area contributed by atoms with Crippen LogP contribution in [0.3, 0.4) is 0 Å². The van der Waals surface area contributed by atoms with E-state index in [1.807, 2.05) is 0 Å². The number of carbonyl (C=O) groups is 1. The lowest BCUT2D eigenvalue weighted by Gasteiger charge is -2.26. The van der Waals surface area contributed by atoms with E-state index in [9.17, 15) is 9.18 Å². The van der Waals surface area contributed by atoms with Gasteiger partial charge in [-0.05, 0) is 37.0 Å². The van der Waals surface area contributed by atoms with Crippen molar-refractivity contribution in [1.29, 1.82) is 0 Å². The molecule has 1 aromatic heterocycles. The zero-order valence-corrected chi connectivity index (χ0v) is 16.1. The quantitative estimate of drug-likeness (QED) is 0.804. The Morgan fingerprint density at radius 1 is 1.31 bits per heavy atom. The molecular formula is C18H23Cl2FN4O. The van der Waals surface area contributed by atoms with Crippen molar-refractivity contribution in [3.8, 4) is 0 Å². The van der Waals surface area contributed by atoms with Gasteiger partial charge >= 0.3 is 0 Å². The number of hydrogen-bond donors (Lipinski definition) is 2. The summed E-state index contributed by atoms with van der Waals surface area (Å²) < 4.78 is 15.7. The second-order valence-corrected chi connectivity index (χ2v) is 6.84. The summed E-state index contributed by atoms with van der Waals surface area (Å²) in [6.45, 7) is 0. The molecule has 0 saturated heterocycles. The molecule has 1 amide bonds. The van der Waals surface area contributed by atoms with Crippen molar-refractivity contribution in [3.63, 3.8) is 0 Å². The summed E-state index contributed by atoms with van der Waals surface area (Å²) in [5.74, 6) is -0.549. The number of carbonyl (C=O) groups excluding carboxylic acids is 1. The van der Waals surface area contributed by atoms with E-state index in [-0.39, 0.29) is 30.4 Å². The standard InChI is InChI=1S/C18H21FN4O.2ClH/c1-23-10-13(9-20-23)22-18(24)15-7-11(5-6-16(15)19)14-8-17(14)21-12-3-2-4-12;;/h5-7,9-10,12,14,17,21H,2-4,8H2,1H3,(H,22,24);2*1H/t14-,17+;;/m0../s1. The molecule has 2 aliphatic rings. The zero-order valence-electron chi connectivity index (χ0n) is 14.4. The Labute approximate surface area is 164 Å². The monoisotopic (exact) mass is 400 g/mol. The lowest BCUT2D eigenvalue weighted by Crippen LogP contribution is -2.37. The van der Waals surface area contributed by atoms with Crippen LogP contribution in [-0.4, -0.2) is 27.8 Å². The summed E-state index contributed by atoms with van der Waals surface area (Å²) in [4.78, 5) is 12.4. The minimum Gasteiger partial charge on any atom is -0.319 e. The number of nitrogens with one attached hydrogen (secondary N) is 2. The number of rotatable bonds is 5.